The predicted molar refractivity (Wildman–Crippen MR) is 64.3 cm³/mol. The zero-order chi connectivity index (χ0) is 12.3. The number of carbonyl (C=O) groups is 1. The van der Waals surface area contributed by atoms with E-state index in [-0.39, 0.29) is 11.7 Å². The molecule has 1 amide bonds. The second-order valence-corrected chi connectivity index (χ2v) is 4.52. The number of amides is 1. The molecule has 1 aliphatic rings. The van der Waals surface area contributed by atoms with Crippen LogP contribution in [0.4, 0.5) is 4.39 Å². The van der Waals surface area contributed by atoms with Crippen LogP contribution in [0.5, 0.6) is 0 Å². The molecule has 17 heavy (non-hydrogen) atoms. The zero-order valence-electron chi connectivity index (χ0n) is 9.38. The molecular weight excluding hydrogens is 243 g/mol. The Morgan fingerprint density at radius 1 is 1.47 bits per heavy atom. The SMILES string of the molecule is O=C1CNCCCN1Cc1ccc(Cl)cc1F. The first-order chi connectivity index (χ1) is 8.16. The molecule has 1 aliphatic heterocycles. The highest BCUT2D eigenvalue weighted by Gasteiger charge is 2.17. The molecule has 0 aromatic heterocycles. The molecule has 1 fully saturated rings. The summed E-state index contributed by atoms with van der Waals surface area (Å²) in [5, 5.41) is 3.40. The van der Waals surface area contributed by atoms with E-state index in [1.54, 1.807) is 17.0 Å². The van der Waals surface area contributed by atoms with Crippen molar-refractivity contribution in [2.45, 2.75) is 13.0 Å². The van der Waals surface area contributed by atoms with Crippen molar-refractivity contribution < 1.29 is 9.18 Å². The Kier molecular flexibility index (Phi) is 3.97. The van der Waals surface area contributed by atoms with Gasteiger partial charge in [0.2, 0.25) is 5.91 Å². The van der Waals surface area contributed by atoms with Gasteiger partial charge in [0.15, 0.2) is 0 Å². The summed E-state index contributed by atoms with van der Waals surface area (Å²) in [6, 6.07) is 4.54. The van der Waals surface area contributed by atoms with E-state index in [4.69, 9.17) is 11.6 Å². The molecule has 3 nitrogen and oxygen atoms in total. The molecule has 1 N–H and O–H groups in total. The summed E-state index contributed by atoms with van der Waals surface area (Å²) in [4.78, 5) is 13.4. The lowest BCUT2D eigenvalue weighted by Gasteiger charge is -2.20. The van der Waals surface area contributed by atoms with Gasteiger partial charge in [-0.2, -0.15) is 0 Å². The van der Waals surface area contributed by atoms with Gasteiger partial charge in [-0.3, -0.25) is 4.79 Å². The fourth-order valence-corrected chi connectivity index (χ4v) is 2.01. The van der Waals surface area contributed by atoms with Crippen LogP contribution in [0, 0.1) is 5.82 Å². The third kappa shape index (κ3) is 3.17. The fraction of sp³-hybridized carbons (Fsp3) is 0.417. The van der Waals surface area contributed by atoms with Crippen molar-refractivity contribution in [1.29, 1.82) is 0 Å². The Bertz CT molecular complexity index is 425. The zero-order valence-corrected chi connectivity index (χ0v) is 10.1. The number of hydrogen-bond donors (Lipinski definition) is 1. The summed E-state index contributed by atoms with van der Waals surface area (Å²) in [6.07, 6.45) is 0.890. The Morgan fingerprint density at radius 3 is 3.06 bits per heavy atom. The van der Waals surface area contributed by atoms with Crippen molar-refractivity contribution in [3.8, 4) is 0 Å². The van der Waals surface area contributed by atoms with Gasteiger partial charge in [0.25, 0.3) is 0 Å². The van der Waals surface area contributed by atoms with Crippen LogP contribution < -0.4 is 5.32 Å². The van der Waals surface area contributed by atoms with E-state index in [1.807, 2.05) is 0 Å². The second-order valence-electron chi connectivity index (χ2n) is 4.08. The molecule has 92 valence electrons. The molecule has 0 radical (unpaired) electrons. The summed E-state index contributed by atoms with van der Waals surface area (Å²) < 4.78 is 13.6. The van der Waals surface area contributed by atoms with Gasteiger partial charge in [-0.15, -0.1) is 0 Å². The lowest BCUT2D eigenvalue weighted by Crippen LogP contribution is -2.34. The average Bonchev–Trinajstić information content (AvgIpc) is 2.48. The highest BCUT2D eigenvalue weighted by molar-refractivity contribution is 6.30. The largest absolute Gasteiger partial charge is 0.337 e. The van der Waals surface area contributed by atoms with E-state index in [1.165, 1.54) is 6.07 Å². The summed E-state index contributed by atoms with van der Waals surface area (Å²) in [7, 11) is 0. The van der Waals surface area contributed by atoms with E-state index in [0.29, 0.717) is 30.2 Å². The van der Waals surface area contributed by atoms with Crippen LogP contribution in [0.25, 0.3) is 0 Å². The molecule has 1 aromatic carbocycles. The van der Waals surface area contributed by atoms with Gasteiger partial charge < -0.3 is 10.2 Å². The number of halogens is 2. The summed E-state index contributed by atoms with van der Waals surface area (Å²) in [6.45, 7) is 2.12. The molecule has 1 aromatic rings. The Labute approximate surface area is 105 Å². The third-order valence-electron chi connectivity index (χ3n) is 2.79. The van der Waals surface area contributed by atoms with Gasteiger partial charge in [-0.25, -0.2) is 4.39 Å². The molecule has 0 spiro atoms. The molecule has 0 bridgehead atoms. The van der Waals surface area contributed by atoms with E-state index in [2.05, 4.69) is 5.32 Å². The van der Waals surface area contributed by atoms with Crippen LogP contribution in [0.1, 0.15) is 12.0 Å². The minimum absolute atomic E-state index is 0.0110. The highest BCUT2D eigenvalue weighted by Crippen LogP contribution is 2.16. The molecule has 0 aliphatic carbocycles. The van der Waals surface area contributed by atoms with E-state index in [9.17, 15) is 9.18 Å². The smallest absolute Gasteiger partial charge is 0.236 e. The van der Waals surface area contributed by atoms with Gasteiger partial charge in [0, 0.05) is 23.7 Å². The third-order valence-corrected chi connectivity index (χ3v) is 3.02. The lowest BCUT2D eigenvalue weighted by molar-refractivity contribution is -0.130. The second kappa shape index (κ2) is 5.47. The van der Waals surface area contributed by atoms with E-state index < -0.39 is 0 Å². The van der Waals surface area contributed by atoms with Crippen LogP contribution in [0.3, 0.4) is 0 Å². The molecular formula is C12H14ClFN2O. The number of hydrogen-bond acceptors (Lipinski definition) is 2. The molecule has 0 unspecified atom stereocenters. The van der Waals surface area contributed by atoms with Crippen molar-refractivity contribution in [3.63, 3.8) is 0 Å². The van der Waals surface area contributed by atoms with Crippen molar-refractivity contribution >= 4 is 17.5 Å². The van der Waals surface area contributed by atoms with Gasteiger partial charge in [-0.1, -0.05) is 17.7 Å². The summed E-state index contributed by atoms with van der Waals surface area (Å²) >= 11 is 5.68. The number of carbonyl (C=O) groups excluding carboxylic acids is 1. The molecule has 2 rings (SSSR count). The highest BCUT2D eigenvalue weighted by atomic mass is 35.5. The standard InChI is InChI=1S/C12H14ClFN2O/c13-10-3-2-9(11(14)6-10)8-16-5-1-4-15-7-12(16)17/h2-3,6,15H,1,4-5,7-8H2. The van der Waals surface area contributed by atoms with Crippen LogP contribution in [-0.4, -0.2) is 30.4 Å². The number of nitrogens with one attached hydrogen (secondary N) is 1. The molecule has 0 atom stereocenters. The predicted octanol–water partition coefficient (Wildman–Crippen LogP) is 1.80. The maximum atomic E-state index is 13.6. The van der Waals surface area contributed by atoms with Gasteiger partial charge >= 0.3 is 0 Å². The lowest BCUT2D eigenvalue weighted by atomic mass is 10.2. The summed E-state index contributed by atoms with van der Waals surface area (Å²) in [5.74, 6) is -0.348. The van der Waals surface area contributed by atoms with Crippen molar-refractivity contribution in [3.05, 3.63) is 34.6 Å². The van der Waals surface area contributed by atoms with Crippen LogP contribution in [-0.2, 0) is 11.3 Å². The van der Waals surface area contributed by atoms with Crippen molar-refractivity contribution in [2.24, 2.45) is 0 Å². The van der Waals surface area contributed by atoms with Gasteiger partial charge in [-0.05, 0) is 25.1 Å². The first kappa shape index (κ1) is 12.3. The molecule has 5 heteroatoms. The van der Waals surface area contributed by atoms with E-state index in [0.717, 1.165) is 13.0 Å². The molecule has 1 heterocycles. The van der Waals surface area contributed by atoms with Gasteiger partial charge in [0.1, 0.15) is 5.82 Å². The maximum Gasteiger partial charge on any atom is 0.236 e. The summed E-state index contributed by atoms with van der Waals surface area (Å²) in [5.41, 5.74) is 0.504. The average molecular weight is 257 g/mol. The topological polar surface area (TPSA) is 32.3 Å². The number of benzene rings is 1. The normalized spacial score (nSPS) is 17.1. The Morgan fingerprint density at radius 2 is 2.29 bits per heavy atom. The first-order valence-corrected chi connectivity index (χ1v) is 5.97. The minimum Gasteiger partial charge on any atom is -0.337 e. The number of nitrogens with zero attached hydrogens (tertiary/aromatic N) is 1. The fourth-order valence-electron chi connectivity index (χ4n) is 1.85. The Hall–Kier alpha value is -1.13. The van der Waals surface area contributed by atoms with Crippen LogP contribution >= 0.6 is 11.6 Å². The number of rotatable bonds is 2. The van der Waals surface area contributed by atoms with Crippen LogP contribution in [0.2, 0.25) is 5.02 Å². The van der Waals surface area contributed by atoms with Crippen molar-refractivity contribution in [1.82, 2.24) is 10.2 Å². The van der Waals surface area contributed by atoms with Crippen molar-refractivity contribution in [2.75, 3.05) is 19.6 Å². The maximum absolute atomic E-state index is 13.6. The monoisotopic (exact) mass is 256 g/mol. The Balaban J connectivity index is 2.10. The minimum atomic E-state index is -0.359. The van der Waals surface area contributed by atoms with Gasteiger partial charge in [0.05, 0.1) is 6.54 Å². The van der Waals surface area contributed by atoms with E-state index >= 15 is 0 Å². The first-order valence-electron chi connectivity index (χ1n) is 5.59. The quantitative estimate of drug-likeness (QED) is 0.875. The molecule has 1 saturated heterocycles. The molecule has 0 saturated carbocycles. The van der Waals surface area contributed by atoms with Crippen LogP contribution in [0.15, 0.2) is 18.2 Å².